The summed E-state index contributed by atoms with van der Waals surface area (Å²) >= 11 is 0. The molecule has 0 radical (unpaired) electrons. The highest BCUT2D eigenvalue weighted by molar-refractivity contribution is 5.86. The monoisotopic (exact) mass is 402 g/mol. The molecule has 4 rings (SSSR count). The average Bonchev–Trinajstić information content (AvgIpc) is 2.77. The van der Waals surface area contributed by atoms with Gasteiger partial charge in [0.25, 0.3) is 0 Å². The quantitative estimate of drug-likeness (QED) is 0.602. The molecule has 3 aromatic carbocycles. The van der Waals surface area contributed by atoms with Gasteiger partial charge in [-0.2, -0.15) is 0 Å². The Kier molecular flexibility index (Phi) is 6.46. The third kappa shape index (κ3) is 4.72. The van der Waals surface area contributed by atoms with Crippen molar-refractivity contribution in [3.63, 3.8) is 0 Å². The molecule has 30 heavy (non-hydrogen) atoms. The van der Waals surface area contributed by atoms with Gasteiger partial charge >= 0.3 is 5.97 Å². The second-order valence-corrected chi connectivity index (χ2v) is 8.39. The number of carboxylic acid groups (broad SMARTS) is 1. The first-order valence-corrected chi connectivity index (χ1v) is 10.8. The second-order valence-electron chi connectivity index (χ2n) is 8.39. The van der Waals surface area contributed by atoms with Crippen LogP contribution in [0.2, 0.25) is 0 Å². The lowest BCUT2D eigenvalue weighted by Crippen LogP contribution is -2.44. The zero-order valence-electron chi connectivity index (χ0n) is 17.5. The van der Waals surface area contributed by atoms with Crippen molar-refractivity contribution in [3.8, 4) is 0 Å². The van der Waals surface area contributed by atoms with Crippen LogP contribution in [0.15, 0.2) is 72.8 Å². The zero-order valence-corrected chi connectivity index (χ0v) is 17.5. The molecular formula is C26H30N2O2. The maximum absolute atomic E-state index is 11.2. The standard InChI is InChI=1S/C26H30N2O2/c1-19(23-13-7-11-20-10-5-6-12-24(20)23)27-16-22-14-15-28(18-26(29)30)17-25(22)21-8-3-2-4-9-21/h2-13,19,22,25,27H,14-18H2,1H3,(H,29,30)/t19-,22?,25?/m1/s1. The van der Waals surface area contributed by atoms with Crippen molar-refractivity contribution in [1.82, 2.24) is 10.2 Å². The fourth-order valence-electron chi connectivity index (χ4n) is 4.79. The van der Waals surface area contributed by atoms with E-state index in [0.717, 1.165) is 26.1 Å². The van der Waals surface area contributed by atoms with Gasteiger partial charge in [-0.1, -0.05) is 72.8 Å². The first-order valence-electron chi connectivity index (χ1n) is 10.8. The maximum atomic E-state index is 11.2. The highest BCUT2D eigenvalue weighted by atomic mass is 16.4. The molecule has 4 nitrogen and oxygen atoms in total. The van der Waals surface area contributed by atoms with Crippen molar-refractivity contribution >= 4 is 16.7 Å². The van der Waals surface area contributed by atoms with Crippen LogP contribution in [-0.4, -0.2) is 42.2 Å². The van der Waals surface area contributed by atoms with E-state index in [0.29, 0.717) is 11.8 Å². The zero-order chi connectivity index (χ0) is 20.9. The van der Waals surface area contributed by atoms with Gasteiger partial charge in [0.2, 0.25) is 0 Å². The molecule has 0 amide bonds. The van der Waals surface area contributed by atoms with E-state index < -0.39 is 5.97 Å². The minimum absolute atomic E-state index is 0.121. The summed E-state index contributed by atoms with van der Waals surface area (Å²) in [6, 6.07) is 25.8. The highest BCUT2D eigenvalue weighted by Gasteiger charge is 2.31. The van der Waals surface area contributed by atoms with Gasteiger partial charge in [0, 0.05) is 18.5 Å². The number of carboxylic acids is 1. The predicted octanol–water partition coefficient (Wildman–Crippen LogP) is 4.68. The predicted molar refractivity (Wildman–Crippen MR) is 122 cm³/mol. The third-order valence-electron chi connectivity index (χ3n) is 6.40. The van der Waals surface area contributed by atoms with Crippen LogP contribution in [-0.2, 0) is 4.79 Å². The number of hydrogen-bond donors (Lipinski definition) is 2. The molecule has 1 heterocycles. The largest absolute Gasteiger partial charge is 0.480 e. The van der Waals surface area contributed by atoms with Gasteiger partial charge in [-0.3, -0.25) is 9.69 Å². The van der Waals surface area contributed by atoms with E-state index in [2.05, 4.69) is 83.9 Å². The van der Waals surface area contributed by atoms with Crippen molar-refractivity contribution in [2.75, 3.05) is 26.2 Å². The third-order valence-corrected chi connectivity index (χ3v) is 6.40. The number of rotatable bonds is 7. The Morgan fingerprint density at radius 2 is 1.80 bits per heavy atom. The Morgan fingerprint density at radius 1 is 1.07 bits per heavy atom. The Hall–Kier alpha value is -2.69. The lowest BCUT2D eigenvalue weighted by molar-refractivity contribution is -0.138. The van der Waals surface area contributed by atoms with Crippen molar-refractivity contribution in [2.24, 2.45) is 5.92 Å². The van der Waals surface area contributed by atoms with E-state index in [1.165, 1.54) is 21.9 Å². The molecule has 0 aromatic heterocycles. The Balaban J connectivity index is 1.48. The lowest BCUT2D eigenvalue weighted by Gasteiger charge is -2.39. The molecule has 2 N–H and O–H groups in total. The van der Waals surface area contributed by atoms with Gasteiger partial charge in [0.15, 0.2) is 0 Å². The summed E-state index contributed by atoms with van der Waals surface area (Å²) in [5, 5.41) is 15.6. The van der Waals surface area contributed by atoms with E-state index in [1.807, 2.05) is 6.07 Å². The minimum atomic E-state index is -0.747. The SMILES string of the molecule is C[C@@H](NCC1CCN(CC(=O)O)CC1c1ccccc1)c1cccc2ccccc12. The van der Waals surface area contributed by atoms with E-state index in [9.17, 15) is 9.90 Å². The van der Waals surface area contributed by atoms with Crippen LogP contribution in [0.25, 0.3) is 10.8 Å². The van der Waals surface area contributed by atoms with Crippen LogP contribution in [0.4, 0.5) is 0 Å². The van der Waals surface area contributed by atoms with Gasteiger partial charge in [-0.15, -0.1) is 0 Å². The Morgan fingerprint density at radius 3 is 2.60 bits per heavy atom. The summed E-state index contributed by atoms with van der Waals surface area (Å²) < 4.78 is 0. The first kappa shape index (κ1) is 20.6. The fourth-order valence-corrected chi connectivity index (χ4v) is 4.79. The van der Waals surface area contributed by atoms with Crippen LogP contribution in [0.1, 0.15) is 36.4 Å². The summed E-state index contributed by atoms with van der Waals surface area (Å²) in [5.41, 5.74) is 2.63. The van der Waals surface area contributed by atoms with Crippen molar-refractivity contribution in [3.05, 3.63) is 83.9 Å². The highest BCUT2D eigenvalue weighted by Crippen LogP contribution is 2.33. The van der Waals surface area contributed by atoms with Crippen molar-refractivity contribution in [1.29, 1.82) is 0 Å². The van der Waals surface area contributed by atoms with Gasteiger partial charge in [-0.05, 0) is 54.3 Å². The van der Waals surface area contributed by atoms with Crippen LogP contribution >= 0.6 is 0 Å². The molecule has 3 aromatic rings. The number of hydrogen-bond acceptors (Lipinski definition) is 3. The number of piperidine rings is 1. The average molecular weight is 403 g/mol. The molecule has 0 saturated carbocycles. The van der Waals surface area contributed by atoms with Gasteiger partial charge in [-0.25, -0.2) is 0 Å². The second kappa shape index (κ2) is 9.41. The molecule has 1 saturated heterocycles. The van der Waals surface area contributed by atoms with Crippen LogP contribution in [0.5, 0.6) is 0 Å². The van der Waals surface area contributed by atoms with E-state index in [4.69, 9.17) is 0 Å². The number of nitrogens with one attached hydrogen (secondary N) is 1. The molecule has 3 atom stereocenters. The van der Waals surface area contributed by atoms with E-state index in [-0.39, 0.29) is 12.6 Å². The summed E-state index contributed by atoms with van der Waals surface area (Å²) in [6.07, 6.45) is 1.00. The molecule has 1 fully saturated rings. The number of likely N-dealkylation sites (tertiary alicyclic amines) is 1. The number of nitrogens with zero attached hydrogens (tertiary/aromatic N) is 1. The van der Waals surface area contributed by atoms with Crippen molar-refractivity contribution < 1.29 is 9.90 Å². The number of carbonyl (C=O) groups is 1. The summed E-state index contributed by atoms with van der Waals surface area (Å²) in [7, 11) is 0. The normalized spacial score (nSPS) is 20.8. The molecule has 0 aliphatic carbocycles. The van der Waals surface area contributed by atoms with Crippen LogP contribution < -0.4 is 5.32 Å². The molecule has 1 aliphatic heterocycles. The summed E-state index contributed by atoms with van der Waals surface area (Å²) in [5.74, 6) is 0.0735. The summed E-state index contributed by atoms with van der Waals surface area (Å²) in [6.45, 7) is 4.91. The van der Waals surface area contributed by atoms with Crippen molar-refractivity contribution in [2.45, 2.75) is 25.3 Å². The fraction of sp³-hybridized carbons (Fsp3) is 0.346. The molecule has 156 valence electrons. The van der Waals surface area contributed by atoms with Gasteiger partial charge in [0.05, 0.1) is 6.54 Å². The van der Waals surface area contributed by atoms with E-state index in [1.54, 1.807) is 0 Å². The van der Waals surface area contributed by atoms with Gasteiger partial charge in [0.1, 0.15) is 0 Å². The smallest absolute Gasteiger partial charge is 0.317 e. The van der Waals surface area contributed by atoms with Crippen LogP contribution in [0.3, 0.4) is 0 Å². The van der Waals surface area contributed by atoms with Gasteiger partial charge < -0.3 is 10.4 Å². The molecule has 4 heteroatoms. The molecule has 0 spiro atoms. The molecule has 1 aliphatic rings. The minimum Gasteiger partial charge on any atom is -0.480 e. The number of benzene rings is 3. The van der Waals surface area contributed by atoms with Crippen LogP contribution in [0, 0.1) is 5.92 Å². The number of fused-ring (bicyclic) bond motifs is 1. The Bertz CT molecular complexity index is 983. The lowest BCUT2D eigenvalue weighted by atomic mass is 9.80. The summed E-state index contributed by atoms with van der Waals surface area (Å²) in [4.78, 5) is 13.3. The van der Waals surface area contributed by atoms with E-state index >= 15 is 0 Å². The Labute approximate surface area is 178 Å². The number of aliphatic carboxylic acids is 1. The first-order chi connectivity index (χ1) is 14.6. The molecule has 0 bridgehead atoms. The molecule has 2 unspecified atom stereocenters. The topological polar surface area (TPSA) is 52.6 Å². The maximum Gasteiger partial charge on any atom is 0.317 e. The molecular weight excluding hydrogens is 372 g/mol.